The maximum absolute atomic E-state index is 11.8. The monoisotopic (exact) mass is 622 g/mol. The molecule has 12 heteroatoms. The van der Waals surface area contributed by atoms with Gasteiger partial charge in [-0.1, -0.05) is 60.7 Å². The van der Waals surface area contributed by atoms with Crippen LogP contribution in [0.4, 0.5) is 9.59 Å². The van der Waals surface area contributed by atoms with Crippen LogP contribution >= 0.6 is 23.5 Å². The summed E-state index contributed by atoms with van der Waals surface area (Å²) in [6.45, 7) is 10.4. The molecule has 0 unspecified atom stereocenters. The van der Waals surface area contributed by atoms with Crippen molar-refractivity contribution in [2.45, 2.75) is 75.3 Å². The van der Waals surface area contributed by atoms with Gasteiger partial charge in [0.25, 0.3) is 0 Å². The van der Waals surface area contributed by atoms with Crippen LogP contribution in [0, 0.1) is 0 Å². The predicted octanol–water partition coefficient (Wildman–Crippen LogP) is 6.14. The van der Waals surface area contributed by atoms with E-state index in [1.54, 1.807) is 41.5 Å². The smallest absolute Gasteiger partial charge is 0.408 e. The lowest BCUT2D eigenvalue weighted by molar-refractivity contribution is -0.140. The van der Waals surface area contributed by atoms with Gasteiger partial charge in [0.15, 0.2) is 0 Å². The third-order valence-corrected chi connectivity index (χ3v) is 7.35. The van der Waals surface area contributed by atoms with Crippen molar-refractivity contribution in [3.63, 3.8) is 0 Å². The third-order valence-electron chi connectivity index (χ3n) is 5.25. The predicted molar refractivity (Wildman–Crippen MR) is 167 cm³/mol. The van der Waals surface area contributed by atoms with Crippen molar-refractivity contribution in [3.8, 4) is 0 Å². The molecule has 2 aromatic carbocycles. The Morgan fingerprint density at radius 1 is 0.619 bits per heavy atom. The van der Waals surface area contributed by atoms with Crippen molar-refractivity contribution in [3.05, 3.63) is 71.8 Å². The quantitative estimate of drug-likeness (QED) is 0.243. The molecule has 0 aromatic heterocycles. The van der Waals surface area contributed by atoms with Gasteiger partial charge in [0.2, 0.25) is 0 Å². The van der Waals surface area contributed by atoms with E-state index in [0.717, 1.165) is 11.1 Å². The summed E-state index contributed by atoms with van der Waals surface area (Å²) in [5.74, 6) is -2.19. The molecule has 0 bridgehead atoms. The standard InChI is InChI=1S/2C15H21NO4S/c2*1-15(2,3)20-14(19)16-11(13(17)18)12(21-4)10-8-6-5-7-9-10/h2*5-9,11-12H,1-4H3,(H,16,19)(H,17,18)/t11-,12+;11-,12-/m00/s1. The Hall–Kier alpha value is -3.38. The number of amides is 2. The number of thioether (sulfide) groups is 2. The maximum atomic E-state index is 11.8. The minimum absolute atomic E-state index is 0.392. The van der Waals surface area contributed by atoms with E-state index in [4.69, 9.17) is 9.47 Å². The van der Waals surface area contributed by atoms with Crippen LogP contribution in [-0.2, 0) is 19.1 Å². The van der Waals surface area contributed by atoms with Gasteiger partial charge < -0.3 is 30.3 Å². The lowest BCUT2D eigenvalue weighted by Crippen LogP contribution is -2.46. The number of alkyl carbamates (subject to hydrolysis) is 2. The van der Waals surface area contributed by atoms with Crippen molar-refractivity contribution < 1.29 is 38.9 Å². The zero-order valence-corrected chi connectivity index (χ0v) is 26.9. The second kappa shape index (κ2) is 16.9. The molecule has 0 fully saturated rings. The Morgan fingerprint density at radius 3 is 1.12 bits per heavy atom. The number of ether oxygens (including phenoxy) is 2. The molecule has 0 aliphatic carbocycles. The first-order chi connectivity index (χ1) is 19.5. The number of benzene rings is 2. The van der Waals surface area contributed by atoms with E-state index in [0.29, 0.717) is 0 Å². The highest BCUT2D eigenvalue weighted by Crippen LogP contribution is 2.31. The van der Waals surface area contributed by atoms with Crippen LogP contribution < -0.4 is 10.6 Å². The Balaban J connectivity index is 0.000000420. The molecule has 0 saturated carbocycles. The third kappa shape index (κ3) is 13.5. The number of hydrogen-bond acceptors (Lipinski definition) is 8. The van der Waals surface area contributed by atoms with Crippen LogP contribution in [0.3, 0.4) is 0 Å². The number of carbonyl (C=O) groups excluding carboxylic acids is 2. The molecule has 2 amide bonds. The summed E-state index contributed by atoms with van der Waals surface area (Å²) >= 11 is 2.74. The molecule has 0 aliphatic heterocycles. The first-order valence-electron chi connectivity index (χ1n) is 13.1. The second-order valence-electron chi connectivity index (χ2n) is 11.1. The van der Waals surface area contributed by atoms with E-state index < -0.39 is 57.9 Å². The maximum Gasteiger partial charge on any atom is 0.408 e. The fraction of sp³-hybridized carbons (Fsp3) is 0.467. The molecular weight excluding hydrogens is 580 g/mol. The van der Waals surface area contributed by atoms with E-state index in [1.807, 2.05) is 73.2 Å². The fourth-order valence-electron chi connectivity index (χ4n) is 3.62. The molecule has 42 heavy (non-hydrogen) atoms. The number of carboxylic acid groups (broad SMARTS) is 2. The SMILES string of the molecule is CS[C@@H](c1ccccc1)[C@H](NC(=O)OC(C)(C)C)C(=O)O.CS[C@H](c1ccccc1)[C@H](NC(=O)OC(C)(C)C)C(=O)O. The van der Waals surface area contributed by atoms with Crippen molar-refractivity contribution in [1.82, 2.24) is 10.6 Å². The average Bonchev–Trinajstić information content (AvgIpc) is 2.88. The highest BCUT2D eigenvalue weighted by Gasteiger charge is 2.33. The Morgan fingerprint density at radius 2 is 0.905 bits per heavy atom. The molecule has 0 radical (unpaired) electrons. The molecule has 232 valence electrons. The van der Waals surface area contributed by atoms with Crippen molar-refractivity contribution in [2.24, 2.45) is 0 Å². The summed E-state index contributed by atoms with van der Waals surface area (Å²) in [7, 11) is 0. The zero-order chi connectivity index (χ0) is 32.1. The van der Waals surface area contributed by atoms with Gasteiger partial charge in [0.1, 0.15) is 23.3 Å². The fourth-order valence-corrected chi connectivity index (χ4v) is 5.39. The molecule has 2 rings (SSSR count). The molecule has 4 atom stereocenters. The average molecular weight is 623 g/mol. The first-order valence-corrected chi connectivity index (χ1v) is 15.7. The molecule has 4 N–H and O–H groups in total. The summed E-state index contributed by atoms with van der Waals surface area (Å²) in [5, 5.41) is 22.9. The number of carboxylic acids is 2. The van der Waals surface area contributed by atoms with Gasteiger partial charge >= 0.3 is 24.1 Å². The van der Waals surface area contributed by atoms with Gasteiger partial charge in [0, 0.05) is 0 Å². The van der Waals surface area contributed by atoms with Crippen molar-refractivity contribution >= 4 is 47.6 Å². The molecule has 0 aliphatic rings. The summed E-state index contributed by atoms with van der Waals surface area (Å²) in [5.41, 5.74) is 0.339. The van der Waals surface area contributed by atoms with Gasteiger partial charge in [-0.15, -0.1) is 0 Å². The number of hydrogen-bond donors (Lipinski definition) is 4. The summed E-state index contributed by atoms with van der Waals surface area (Å²) in [6.07, 6.45) is 2.16. The summed E-state index contributed by atoms with van der Waals surface area (Å²) in [6, 6.07) is 16.3. The van der Waals surface area contributed by atoms with Crippen LogP contribution in [0.15, 0.2) is 60.7 Å². The molecule has 0 spiro atoms. The van der Waals surface area contributed by atoms with Crippen molar-refractivity contribution in [1.29, 1.82) is 0 Å². The number of rotatable bonds is 10. The van der Waals surface area contributed by atoms with Gasteiger partial charge in [-0.25, -0.2) is 19.2 Å². The van der Waals surface area contributed by atoms with Crippen molar-refractivity contribution in [2.75, 3.05) is 12.5 Å². The number of aliphatic carboxylic acids is 2. The number of nitrogens with one attached hydrogen (secondary N) is 2. The minimum atomic E-state index is -1.09. The first kappa shape index (κ1) is 36.6. The lowest BCUT2D eigenvalue weighted by Gasteiger charge is -2.26. The highest BCUT2D eigenvalue weighted by molar-refractivity contribution is 7.99. The van der Waals surface area contributed by atoms with E-state index >= 15 is 0 Å². The van der Waals surface area contributed by atoms with Crippen LogP contribution in [0.2, 0.25) is 0 Å². The normalized spacial score (nSPS) is 14.1. The van der Waals surface area contributed by atoms with Gasteiger partial charge in [-0.05, 0) is 65.2 Å². The Labute approximate surface area is 256 Å². The number of carbonyl (C=O) groups is 4. The van der Waals surface area contributed by atoms with Gasteiger partial charge in [0.05, 0.1) is 10.5 Å². The van der Waals surface area contributed by atoms with E-state index in [-0.39, 0.29) is 0 Å². The van der Waals surface area contributed by atoms with E-state index in [9.17, 15) is 29.4 Å². The van der Waals surface area contributed by atoms with Gasteiger partial charge in [-0.2, -0.15) is 23.5 Å². The van der Waals surface area contributed by atoms with Crippen LogP contribution in [-0.4, -0.2) is 70.1 Å². The minimum Gasteiger partial charge on any atom is -0.480 e. The molecule has 0 heterocycles. The molecule has 0 saturated heterocycles. The summed E-state index contributed by atoms with van der Waals surface area (Å²) in [4.78, 5) is 46.6. The Kier molecular flexibility index (Phi) is 14.8. The van der Waals surface area contributed by atoms with Crippen LogP contribution in [0.25, 0.3) is 0 Å². The lowest BCUT2D eigenvalue weighted by atomic mass is 10.1. The highest BCUT2D eigenvalue weighted by atomic mass is 32.2. The zero-order valence-electron chi connectivity index (χ0n) is 25.2. The largest absolute Gasteiger partial charge is 0.480 e. The van der Waals surface area contributed by atoms with Gasteiger partial charge in [-0.3, -0.25) is 0 Å². The topological polar surface area (TPSA) is 151 Å². The van der Waals surface area contributed by atoms with Crippen LogP contribution in [0.5, 0.6) is 0 Å². The second-order valence-corrected chi connectivity index (χ2v) is 13.0. The summed E-state index contributed by atoms with van der Waals surface area (Å²) < 4.78 is 10.3. The molecule has 10 nitrogen and oxygen atoms in total. The molecule has 2 aromatic rings. The van der Waals surface area contributed by atoms with Crippen LogP contribution in [0.1, 0.15) is 63.2 Å². The molecular formula is C30H42N2O8S2. The van der Waals surface area contributed by atoms with E-state index in [1.165, 1.54) is 23.5 Å². The Bertz CT molecular complexity index is 1060. The van der Waals surface area contributed by atoms with E-state index in [2.05, 4.69) is 10.6 Å².